The van der Waals surface area contributed by atoms with Crippen LogP contribution < -0.4 is 0 Å². The lowest BCUT2D eigenvalue weighted by Gasteiger charge is -2.21. The number of fused-ring (bicyclic) bond motifs is 6. The first kappa shape index (κ1) is 27.4. The molecule has 0 saturated carbocycles. The van der Waals surface area contributed by atoms with E-state index in [1.54, 1.807) is 0 Å². The fraction of sp³-hybridized carbons (Fsp3) is 0.0930. The molecule has 0 fully saturated rings. The van der Waals surface area contributed by atoms with Crippen LogP contribution in [0.2, 0.25) is 0 Å². The van der Waals surface area contributed by atoms with Crippen LogP contribution in [0, 0.1) is 6.92 Å². The zero-order valence-electron chi connectivity index (χ0n) is 26.6. The Balaban J connectivity index is 1.28. The molecule has 0 amide bonds. The van der Waals surface area contributed by atoms with Gasteiger partial charge in [-0.25, -0.2) is 15.0 Å². The van der Waals surface area contributed by atoms with Crippen molar-refractivity contribution < 1.29 is 0 Å². The average molecular weight is 605 g/mol. The third kappa shape index (κ3) is 4.33. The van der Waals surface area contributed by atoms with Crippen molar-refractivity contribution in [3.8, 4) is 51.0 Å². The fourth-order valence-corrected chi connectivity index (χ4v) is 7.40. The minimum atomic E-state index is -0.0915. The minimum absolute atomic E-state index is 0.0915. The van der Waals surface area contributed by atoms with Crippen LogP contribution in [0.3, 0.4) is 0 Å². The molecular formula is C43H32N4. The van der Waals surface area contributed by atoms with Gasteiger partial charge in [-0.05, 0) is 71.1 Å². The molecule has 2 aromatic heterocycles. The summed E-state index contributed by atoms with van der Waals surface area (Å²) in [5, 5.41) is 2.50. The van der Waals surface area contributed by atoms with Gasteiger partial charge in [0.15, 0.2) is 17.5 Å². The number of aryl methyl sites for hydroxylation is 1. The van der Waals surface area contributed by atoms with E-state index in [-0.39, 0.29) is 5.41 Å². The van der Waals surface area contributed by atoms with E-state index in [2.05, 4.69) is 104 Å². The molecule has 8 aromatic rings. The Morgan fingerprint density at radius 1 is 0.468 bits per heavy atom. The molecule has 6 aromatic carbocycles. The number of hydrogen-bond donors (Lipinski definition) is 0. The summed E-state index contributed by atoms with van der Waals surface area (Å²) >= 11 is 0. The highest BCUT2D eigenvalue weighted by Gasteiger charge is 2.36. The summed E-state index contributed by atoms with van der Waals surface area (Å²) in [6.45, 7) is 6.84. The van der Waals surface area contributed by atoms with Crippen LogP contribution in [0.15, 0.2) is 140 Å². The van der Waals surface area contributed by atoms with Crippen molar-refractivity contribution in [3.05, 3.63) is 156 Å². The van der Waals surface area contributed by atoms with Crippen molar-refractivity contribution in [2.45, 2.75) is 26.2 Å². The molecule has 0 radical (unpaired) electrons. The Morgan fingerprint density at radius 2 is 1.06 bits per heavy atom. The van der Waals surface area contributed by atoms with E-state index >= 15 is 0 Å². The summed E-state index contributed by atoms with van der Waals surface area (Å²) in [5.74, 6) is 1.97. The number of para-hydroxylation sites is 1. The van der Waals surface area contributed by atoms with Gasteiger partial charge in [0.25, 0.3) is 0 Å². The average Bonchev–Trinajstić information content (AvgIpc) is 3.56. The van der Waals surface area contributed by atoms with E-state index in [1.165, 1.54) is 44.1 Å². The molecule has 0 unspecified atom stereocenters. The highest BCUT2D eigenvalue weighted by Crippen LogP contribution is 2.51. The second-order valence-corrected chi connectivity index (χ2v) is 13.0. The Labute approximate surface area is 274 Å². The summed E-state index contributed by atoms with van der Waals surface area (Å²) in [6, 6.07) is 49.4. The van der Waals surface area contributed by atoms with Crippen molar-refractivity contribution >= 4 is 21.8 Å². The Kier molecular flexibility index (Phi) is 6.03. The Morgan fingerprint density at radius 3 is 1.77 bits per heavy atom. The fourth-order valence-electron chi connectivity index (χ4n) is 7.40. The second kappa shape index (κ2) is 10.3. The van der Waals surface area contributed by atoms with Crippen LogP contribution in [-0.2, 0) is 5.41 Å². The smallest absolute Gasteiger partial charge is 0.164 e. The lowest BCUT2D eigenvalue weighted by molar-refractivity contribution is 0.661. The summed E-state index contributed by atoms with van der Waals surface area (Å²) in [7, 11) is 0. The zero-order chi connectivity index (χ0) is 31.7. The van der Waals surface area contributed by atoms with Gasteiger partial charge >= 0.3 is 0 Å². The van der Waals surface area contributed by atoms with Gasteiger partial charge < -0.3 is 4.57 Å². The molecule has 1 aliphatic rings. The quantitative estimate of drug-likeness (QED) is 0.201. The van der Waals surface area contributed by atoms with Crippen molar-refractivity contribution in [2.24, 2.45) is 0 Å². The summed E-state index contributed by atoms with van der Waals surface area (Å²) in [6.07, 6.45) is 0. The molecule has 0 aliphatic heterocycles. The summed E-state index contributed by atoms with van der Waals surface area (Å²) in [5.41, 5.74) is 12.8. The third-order valence-corrected chi connectivity index (χ3v) is 9.65. The lowest BCUT2D eigenvalue weighted by atomic mass is 9.82. The standard InChI is InChI=1S/C43H32N4/c1-27-22-30(42-45-40(28-14-6-4-7-15-28)44-41(46-42)29-16-8-5-9-17-29)24-31(23-27)47-38-21-13-11-19-33(38)35-25-34-32-18-10-12-20-36(32)43(2,3)37(34)26-39(35)47/h4-26H,1-3H3. The minimum Gasteiger partial charge on any atom is -0.309 e. The van der Waals surface area contributed by atoms with E-state index < -0.39 is 0 Å². The molecule has 4 heteroatoms. The van der Waals surface area contributed by atoms with Gasteiger partial charge in [-0.1, -0.05) is 117 Å². The van der Waals surface area contributed by atoms with Gasteiger partial charge in [0.1, 0.15) is 0 Å². The predicted molar refractivity (Wildman–Crippen MR) is 193 cm³/mol. The van der Waals surface area contributed by atoms with Crippen molar-refractivity contribution in [2.75, 3.05) is 0 Å². The van der Waals surface area contributed by atoms with E-state index in [4.69, 9.17) is 15.0 Å². The van der Waals surface area contributed by atoms with Crippen LogP contribution in [0.25, 0.3) is 72.8 Å². The van der Waals surface area contributed by atoms with E-state index in [1.807, 2.05) is 60.7 Å². The van der Waals surface area contributed by atoms with E-state index in [9.17, 15) is 0 Å². The summed E-state index contributed by atoms with van der Waals surface area (Å²) in [4.78, 5) is 15.0. The molecule has 1 aliphatic carbocycles. The van der Waals surface area contributed by atoms with Crippen LogP contribution in [0.5, 0.6) is 0 Å². The highest BCUT2D eigenvalue weighted by atomic mass is 15.0. The van der Waals surface area contributed by atoms with Gasteiger partial charge in [-0.2, -0.15) is 0 Å². The molecule has 0 saturated heterocycles. The highest BCUT2D eigenvalue weighted by molar-refractivity contribution is 6.11. The van der Waals surface area contributed by atoms with Crippen molar-refractivity contribution in [1.29, 1.82) is 0 Å². The van der Waals surface area contributed by atoms with Gasteiger partial charge in [-0.3, -0.25) is 0 Å². The van der Waals surface area contributed by atoms with Crippen LogP contribution in [0.1, 0.15) is 30.5 Å². The molecule has 0 bridgehead atoms. The molecule has 47 heavy (non-hydrogen) atoms. The zero-order valence-corrected chi connectivity index (χ0v) is 26.6. The second-order valence-electron chi connectivity index (χ2n) is 13.0. The van der Waals surface area contributed by atoms with Gasteiger partial charge in [0, 0.05) is 38.6 Å². The van der Waals surface area contributed by atoms with E-state index in [0.717, 1.165) is 27.9 Å². The molecule has 9 rings (SSSR count). The number of aromatic nitrogens is 4. The number of rotatable bonds is 4. The molecule has 2 heterocycles. The van der Waals surface area contributed by atoms with Crippen molar-refractivity contribution in [1.82, 2.24) is 19.5 Å². The molecule has 224 valence electrons. The maximum absolute atomic E-state index is 5.05. The SMILES string of the molecule is Cc1cc(-c2nc(-c3ccccc3)nc(-c3ccccc3)n2)cc(-n2c3ccccc3c3cc4c(cc32)C(C)(C)c2ccccc2-4)c1. The first-order valence-corrected chi connectivity index (χ1v) is 16.1. The lowest BCUT2D eigenvalue weighted by Crippen LogP contribution is -2.15. The largest absolute Gasteiger partial charge is 0.309 e. The number of hydrogen-bond acceptors (Lipinski definition) is 3. The number of benzene rings is 6. The van der Waals surface area contributed by atoms with Gasteiger partial charge in [0.2, 0.25) is 0 Å². The maximum Gasteiger partial charge on any atom is 0.164 e. The third-order valence-electron chi connectivity index (χ3n) is 9.65. The normalized spacial score (nSPS) is 13.2. The van der Waals surface area contributed by atoms with Gasteiger partial charge in [-0.15, -0.1) is 0 Å². The summed E-state index contributed by atoms with van der Waals surface area (Å²) < 4.78 is 2.41. The van der Waals surface area contributed by atoms with Crippen LogP contribution in [-0.4, -0.2) is 19.5 Å². The molecule has 4 nitrogen and oxygen atoms in total. The predicted octanol–water partition coefficient (Wildman–Crippen LogP) is 10.6. The van der Waals surface area contributed by atoms with Crippen LogP contribution in [0.4, 0.5) is 0 Å². The van der Waals surface area contributed by atoms with Gasteiger partial charge in [0.05, 0.1) is 11.0 Å². The van der Waals surface area contributed by atoms with Crippen LogP contribution >= 0.6 is 0 Å². The van der Waals surface area contributed by atoms with E-state index in [0.29, 0.717) is 17.5 Å². The monoisotopic (exact) mass is 604 g/mol. The topological polar surface area (TPSA) is 43.6 Å². The number of nitrogens with zero attached hydrogens (tertiary/aromatic N) is 4. The molecular weight excluding hydrogens is 573 g/mol. The molecule has 0 spiro atoms. The van der Waals surface area contributed by atoms with Crippen molar-refractivity contribution in [3.63, 3.8) is 0 Å². The Bertz CT molecular complexity index is 2430. The first-order valence-electron chi connectivity index (χ1n) is 16.1. The maximum atomic E-state index is 5.05. The Hall–Kier alpha value is -5.87. The molecule has 0 atom stereocenters. The molecule has 0 N–H and O–H groups in total. The first-order chi connectivity index (χ1) is 23.0.